The van der Waals surface area contributed by atoms with Crippen LogP contribution in [0.3, 0.4) is 0 Å². The summed E-state index contributed by atoms with van der Waals surface area (Å²) >= 11 is 0. The van der Waals surface area contributed by atoms with Gasteiger partial charge in [-0.2, -0.15) is 0 Å². The summed E-state index contributed by atoms with van der Waals surface area (Å²) in [6.07, 6.45) is 1.34. The fourth-order valence-electron chi connectivity index (χ4n) is 6.39. The normalized spacial score (nSPS) is 17.5. The molecule has 0 heterocycles. The highest BCUT2D eigenvalue weighted by Crippen LogP contribution is 2.61. The highest BCUT2D eigenvalue weighted by molar-refractivity contribution is 7.67. The van der Waals surface area contributed by atoms with Crippen molar-refractivity contribution in [2.75, 3.05) is 0 Å². The van der Waals surface area contributed by atoms with Gasteiger partial charge < -0.3 is 4.74 Å². The van der Waals surface area contributed by atoms with Crippen LogP contribution in [0.25, 0.3) is 43.4 Å². The van der Waals surface area contributed by atoms with E-state index in [-0.39, 0.29) is 7.92 Å². The van der Waals surface area contributed by atoms with Gasteiger partial charge in [0.2, 0.25) is 0 Å². The van der Waals surface area contributed by atoms with Crippen molar-refractivity contribution in [3.63, 3.8) is 0 Å². The predicted molar refractivity (Wildman–Crippen MR) is 174 cm³/mol. The van der Waals surface area contributed by atoms with E-state index in [1.54, 1.807) is 0 Å². The largest absolute Gasteiger partial charge is 0.488 e. The molecule has 3 atom stereocenters. The topological polar surface area (TPSA) is 9.23 Å². The Labute approximate surface area is 238 Å². The van der Waals surface area contributed by atoms with Crippen molar-refractivity contribution in [2.45, 2.75) is 45.1 Å². The second-order valence-electron chi connectivity index (χ2n) is 11.6. The van der Waals surface area contributed by atoms with Crippen LogP contribution in [0.4, 0.5) is 0 Å². The lowest BCUT2D eigenvalue weighted by Gasteiger charge is -2.28. The summed E-state index contributed by atoms with van der Waals surface area (Å²) in [5.74, 6) is 1.77. The van der Waals surface area contributed by atoms with Gasteiger partial charge in [-0.25, -0.2) is 0 Å². The van der Waals surface area contributed by atoms with Crippen LogP contribution < -0.4 is 10.0 Å². The highest BCUT2D eigenvalue weighted by atomic mass is 31.1. The zero-order valence-corrected chi connectivity index (χ0v) is 24.4. The molecule has 0 radical (unpaired) electrons. The second kappa shape index (κ2) is 10.4. The number of hydrogen-bond acceptors (Lipinski definition) is 1. The molecule has 198 valence electrons. The molecule has 1 nitrogen and oxygen atoms in total. The molecule has 1 aliphatic rings. The van der Waals surface area contributed by atoms with Crippen LogP contribution in [0, 0.1) is 5.92 Å². The minimum absolute atomic E-state index is 0.316. The smallest absolute Gasteiger partial charge is 0.128 e. The molecule has 1 saturated carbocycles. The molecule has 0 aromatic heterocycles. The van der Waals surface area contributed by atoms with Gasteiger partial charge in [0.05, 0.1) is 0 Å². The van der Waals surface area contributed by atoms with E-state index >= 15 is 0 Å². The van der Waals surface area contributed by atoms with E-state index < -0.39 is 0 Å². The van der Waals surface area contributed by atoms with E-state index in [0.717, 1.165) is 17.3 Å². The monoisotopic (exact) mass is 538 g/mol. The fourth-order valence-corrected chi connectivity index (χ4v) is 9.91. The average molecular weight is 539 g/mol. The van der Waals surface area contributed by atoms with Gasteiger partial charge in [0.15, 0.2) is 0 Å². The second-order valence-corrected chi connectivity index (χ2v) is 14.6. The molecule has 0 saturated heterocycles. The maximum atomic E-state index is 6.78. The predicted octanol–water partition coefficient (Wildman–Crippen LogP) is 10.3. The first-order chi connectivity index (χ1) is 19.6. The van der Waals surface area contributed by atoms with E-state index in [1.165, 1.54) is 60.7 Å². The fraction of sp³-hybridized carbons (Fsp3) is 0.211. The van der Waals surface area contributed by atoms with Gasteiger partial charge in [-0.15, -0.1) is 0 Å². The molecule has 3 unspecified atom stereocenters. The first-order valence-electron chi connectivity index (χ1n) is 14.5. The SMILES string of the molecule is CC1CC1P(c1ccc2ccccc2c1-c1c(OCc2ccc3ccccc3c2)ccc2ccccc12)C(C)C. The Morgan fingerprint density at radius 2 is 1.25 bits per heavy atom. The lowest BCUT2D eigenvalue weighted by molar-refractivity contribution is 0.308. The Balaban J connectivity index is 1.43. The van der Waals surface area contributed by atoms with Gasteiger partial charge in [-0.3, -0.25) is 0 Å². The lowest BCUT2D eigenvalue weighted by atomic mass is 9.93. The van der Waals surface area contributed by atoms with Crippen molar-refractivity contribution in [3.8, 4) is 16.9 Å². The first kappa shape index (κ1) is 25.3. The summed E-state index contributed by atoms with van der Waals surface area (Å²) in [5, 5.41) is 9.17. The van der Waals surface area contributed by atoms with Crippen LogP contribution in [-0.2, 0) is 6.61 Å². The highest BCUT2D eigenvalue weighted by Gasteiger charge is 2.42. The molecule has 0 N–H and O–H groups in total. The van der Waals surface area contributed by atoms with Gasteiger partial charge in [0.25, 0.3) is 0 Å². The van der Waals surface area contributed by atoms with E-state index in [4.69, 9.17) is 4.74 Å². The van der Waals surface area contributed by atoms with Crippen molar-refractivity contribution < 1.29 is 4.74 Å². The summed E-state index contributed by atoms with van der Waals surface area (Å²) in [5.41, 5.74) is 5.23. The van der Waals surface area contributed by atoms with Gasteiger partial charge in [0.1, 0.15) is 12.4 Å². The third-order valence-electron chi connectivity index (χ3n) is 8.51. The summed E-state index contributed by atoms with van der Waals surface area (Å²) in [4.78, 5) is 0. The molecule has 0 bridgehead atoms. The van der Waals surface area contributed by atoms with Gasteiger partial charge in [0, 0.05) is 11.1 Å². The Kier molecular flexibility index (Phi) is 6.57. The maximum absolute atomic E-state index is 6.78. The zero-order valence-electron chi connectivity index (χ0n) is 23.5. The average Bonchev–Trinajstić information content (AvgIpc) is 3.70. The summed E-state index contributed by atoms with van der Waals surface area (Å²) in [6.45, 7) is 7.82. The maximum Gasteiger partial charge on any atom is 0.128 e. The Hall–Kier alpha value is -3.67. The summed E-state index contributed by atoms with van der Waals surface area (Å²) < 4.78 is 6.78. The number of fused-ring (bicyclic) bond motifs is 3. The van der Waals surface area contributed by atoms with Gasteiger partial charge in [-0.05, 0) is 79.0 Å². The molecule has 0 aliphatic heterocycles. The number of benzene rings is 6. The molecular formula is C38H35OP. The van der Waals surface area contributed by atoms with Crippen LogP contribution in [0.5, 0.6) is 5.75 Å². The van der Waals surface area contributed by atoms with Crippen LogP contribution in [-0.4, -0.2) is 11.3 Å². The first-order valence-corrected chi connectivity index (χ1v) is 16.0. The molecule has 0 spiro atoms. The molecule has 0 amide bonds. The van der Waals surface area contributed by atoms with E-state index in [0.29, 0.717) is 12.3 Å². The van der Waals surface area contributed by atoms with Crippen molar-refractivity contribution in [1.82, 2.24) is 0 Å². The molecular weight excluding hydrogens is 503 g/mol. The van der Waals surface area contributed by atoms with Crippen molar-refractivity contribution in [3.05, 3.63) is 121 Å². The Bertz CT molecular complexity index is 1850. The number of rotatable bonds is 7. The molecule has 2 heteroatoms. The van der Waals surface area contributed by atoms with Crippen LogP contribution in [0.15, 0.2) is 115 Å². The minimum Gasteiger partial charge on any atom is -0.488 e. The van der Waals surface area contributed by atoms with Gasteiger partial charge >= 0.3 is 0 Å². The lowest BCUT2D eigenvalue weighted by Crippen LogP contribution is -2.16. The Morgan fingerprint density at radius 1 is 0.675 bits per heavy atom. The van der Waals surface area contributed by atoms with Crippen molar-refractivity contribution in [2.24, 2.45) is 5.92 Å². The quantitative estimate of drug-likeness (QED) is 0.184. The summed E-state index contributed by atoms with van der Waals surface area (Å²) in [7, 11) is -0.316. The number of hydrogen-bond donors (Lipinski definition) is 0. The molecule has 1 fully saturated rings. The van der Waals surface area contributed by atoms with Crippen LogP contribution in [0.1, 0.15) is 32.8 Å². The Morgan fingerprint density at radius 3 is 1.93 bits per heavy atom. The molecule has 40 heavy (non-hydrogen) atoms. The standard InChI is InChI=1S/C38H35OP/c1-25(2)40(36-22-26(36)3)35-21-19-30-12-7-9-15-33(30)38(35)37-32-14-8-6-11-29(32)18-20-34(37)39-24-27-16-17-28-10-4-5-13-31(28)23-27/h4-21,23,25-26,36H,22,24H2,1-3H3. The molecule has 6 aromatic carbocycles. The van der Waals surface area contributed by atoms with Crippen molar-refractivity contribution in [1.29, 1.82) is 0 Å². The van der Waals surface area contributed by atoms with E-state index in [1.807, 2.05) is 0 Å². The van der Waals surface area contributed by atoms with E-state index in [2.05, 4.69) is 136 Å². The van der Waals surface area contributed by atoms with Crippen molar-refractivity contribution >= 4 is 45.5 Å². The van der Waals surface area contributed by atoms with Crippen LogP contribution >= 0.6 is 7.92 Å². The minimum atomic E-state index is -0.316. The molecule has 6 aromatic rings. The van der Waals surface area contributed by atoms with E-state index in [9.17, 15) is 0 Å². The van der Waals surface area contributed by atoms with Crippen LogP contribution in [0.2, 0.25) is 0 Å². The molecule has 1 aliphatic carbocycles. The third kappa shape index (κ3) is 4.57. The molecule has 7 rings (SSSR count). The van der Waals surface area contributed by atoms with Gasteiger partial charge in [-0.1, -0.05) is 132 Å². The third-order valence-corrected chi connectivity index (χ3v) is 12.0. The summed E-state index contributed by atoms with van der Waals surface area (Å²) in [6, 6.07) is 42.1. The zero-order chi connectivity index (χ0) is 27.2. The number of ether oxygens (including phenoxy) is 1.